The largest absolute Gasteiger partial charge is 0.387 e. The average molecular weight is 297 g/mol. The number of halogens is 2. The van der Waals surface area contributed by atoms with Crippen LogP contribution in [-0.4, -0.2) is 23.7 Å². The summed E-state index contributed by atoms with van der Waals surface area (Å²) in [6.07, 6.45) is -0.585. The molecule has 100 valence electrons. The number of nitrogens with zero attached hydrogens (tertiary/aromatic N) is 2. The van der Waals surface area contributed by atoms with Gasteiger partial charge in [-0.3, -0.25) is 0 Å². The molecule has 0 saturated carbocycles. The van der Waals surface area contributed by atoms with Crippen LogP contribution in [-0.2, 0) is 0 Å². The molecule has 0 fully saturated rings. The molecule has 0 aliphatic rings. The van der Waals surface area contributed by atoms with E-state index in [4.69, 9.17) is 23.2 Å². The molecule has 5 heteroatoms. The zero-order chi connectivity index (χ0) is 13.8. The third-order valence-electron chi connectivity index (χ3n) is 2.84. The van der Waals surface area contributed by atoms with Crippen molar-refractivity contribution < 1.29 is 5.11 Å². The van der Waals surface area contributed by atoms with Crippen LogP contribution in [0, 0.1) is 0 Å². The van der Waals surface area contributed by atoms with Crippen molar-refractivity contribution in [2.24, 2.45) is 0 Å². The Morgan fingerprint density at radius 1 is 1.16 bits per heavy atom. The van der Waals surface area contributed by atoms with Crippen LogP contribution >= 0.6 is 23.2 Å². The van der Waals surface area contributed by atoms with E-state index in [1.165, 1.54) is 0 Å². The smallest absolute Gasteiger partial charge is 0.154 e. The van der Waals surface area contributed by atoms with E-state index >= 15 is 0 Å². The van der Waals surface area contributed by atoms with Crippen molar-refractivity contribution in [3.63, 3.8) is 0 Å². The summed E-state index contributed by atoms with van der Waals surface area (Å²) in [6.45, 7) is 0.424. The molecule has 1 aromatic carbocycles. The van der Waals surface area contributed by atoms with E-state index < -0.39 is 6.10 Å². The molecule has 19 heavy (non-hydrogen) atoms. The molecule has 2 aromatic rings. The standard InChI is InChI=1S/C14H14Cl2N2O/c1-18(11-7-8-13(15)17-14(11)16)9-12(19)10-5-3-2-4-6-10/h2-8,12,19H,9H2,1H3. The van der Waals surface area contributed by atoms with Gasteiger partial charge in [-0.05, 0) is 17.7 Å². The zero-order valence-corrected chi connectivity index (χ0v) is 11.9. The number of aliphatic hydroxyl groups is 1. The second-order valence-corrected chi connectivity index (χ2v) is 5.00. The summed E-state index contributed by atoms with van der Waals surface area (Å²) >= 11 is 11.8. The molecule has 0 saturated heterocycles. The van der Waals surface area contributed by atoms with Gasteiger partial charge in [0.15, 0.2) is 5.15 Å². The average Bonchev–Trinajstić information content (AvgIpc) is 2.39. The Balaban J connectivity index is 2.10. The van der Waals surface area contributed by atoms with Crippen LogP contribution in [0.4, 0.5) is 5.69 Å². The van der Waals surface area contributed by atoms with Gasteiger partial charge in [-0.2, -0.15) is 0 Å². The topological polar surface area (TPSA) is 36.4 Å². The van der Waals surface area contributed by atoms with E-state index in [9.17, 15) is 5.11 Å². The van der Waals surface area contributed by atoms with Crippen LogP contribution in [0.15, 0.2) is 42.5 Å². The van der Waals surface area contributed by atoms with Crippen molar-refractivity contribution in [3.8, 4) is 0 Å². The number of hydrogen-bond donors (Lipinski definition) is 1. The van der Waals surface area contributed by atoms with Crippen molar-refractivity contribution in [3.05, 3.63) is 58.3 Å². The van der Waals surface area contributed by atoms with Crippen LogP contribution in [0.3, 0.4) is 0 Å². The first-order valence-electron chi connectivity index (χ1n) is 5.84. The van der Waals surface area contributed by atoms with E-state index in [0.717, 1.165) is 11.3 Å². The Morgan fingerprint density at radius 2 is 1.84 bits per heavy atom. The molecule has 0 spiro atoms. The van der Waals surface area contributed by atoms with E-state index in [-0.39, 0.29) is 0 Å². The summed E-state index contributed by atoms with van der Waals surface area (Å²) in [5.41, 5.74) is 1.61. The van der Waals surface area contributed by atoms with Crippen molar-refractivity contribution in [2.45, 2.75) is 6.10 Å². The number of likely N-dealkylation sites (N-methyl/N-ethyl adjacent to an activating group) is 1. The molecular weight excluding hydrogens is 283 g/mol. The molecule has 1 unspecified atom stereocenters. The summed E-state index contributed by atoms with van der Waals surface area (Å²) < 4.78 is 0. The monoisotopic (exact) mass is 296 g/mol. The fourth-order valence-electron chi connectivity index (χ4n) is 1.83. The Hall–Kier alpha value is -1.29. The molecule has 0 bridgehead atoms. The second kappa shape index (κ2) is 6.24. The molecule has 1 atom stereocenters. The minimum absolute atomic E-state index is 0.329. The van der Waals surface area contributed by atoms with E-state index in [1.807, 2.05) is 42.3 Å². The van der Waals surface area contributed by atoms with Crippen LogP contribution in [0.25, 0.3) is 0 Å². The molecule has 1 aromatic heterocycles. The third-order valence-corrected chi connectivity index (χ3v) is 3.33. The Labute approximate surface area is 122 Å². The highest BCUT2D eigenvalue weighted by Crippen LogP contribution is 2.26. The molecule has 1 N–H and O–H groups in total. The molecule has 0 aliphatic heterocycles. The number of aromatic nitrogens is 1. The lowest BCUT2D eigenvalue weighted by atomic mass is 10.1. The zero-order valence-electron chi connectivity index (χ0n) is 10.4. The fraction of sp³-hybridized carbons (Fsp3) is 0.214. The van der Waals surface area contributed by atoms with Gasteiger partial charge in [0, 0.05) is 13.6 Å². The second-order valence-electron chi connectivity index (χ2n) is 4.25. The SMILES string of the molecule is CN(CC(O)c1ccccc1)c1ccc(Cl)nc1Cl. The highest BCUT2D eigenvalue weighted by molar-refractivity contribution is 6.34. The Morgan fingerprint density at radius 3 is 2.47 bits per heavy atom. The van der Waals surface area contributed by atoms with Crippen molar-refractivity contribution in [1.29, 1.82) is 0 Å². The summed E-state index contributed by atoms with van der Waals surface area (Å²) in [4.78, 5) is 5.83. The number of pyridine rings is 1. The number of aliphatic hydroxyl groups excluding tert-OH is 1. The highest BCUT2D eigenvalue weighted by Gasteiger charge is 2.13. The number of rotatable bonds is 4. The fourth-order valence-corrected chi connectivity index (χ4v) is 2.32. The Kier molecular flexibility index (Phi) is 4.64. The molecule has 1 heterocycles. The highest BCUT2D eigenvalue weighted by atomic mass is 35.5. The molecular formula is C14H14Cl2N2O. The number of hydrogen-bond acceptors (Lipinski definition) is 3. The lowest BCUT2D eigenvalue weighted by molar-refractivity contribution is 0.185. The lowest BCUT2D eigenvalue weighted by Crippen LogP contribution is -2.24. The van der Waals surface area contributed by atoms with Crippen LogP contribution in [0.2, 0.25) is 10.3 Å². The van der Waals surface area contributed by atoms with Gasteiger partial charge in [-0.15, -0.1) is 0 Å². The maximum Gasteiger partial charge on any atom is 0.154 e. The molecule has 3 nitrogen and oxygen atoms in total. The van der Waals surface area contributed by atoms with Gasteiger partial charge in [0.05, 0.1) is 11.8 Å². The quantitative estimate of drug-likeness (QED) is 0.877. The predicted octanol–water partition coefficient (Wildman–Crippen LogP) is 3.56. The summed E-state index contributed by atoms with van der Waals surface area (Å²) in [5.74, 6) is 0. The van der Waals surface area contributed by atoms with Crippen molar-refractivity contribution >= 4 is 28.9 Å². The number of anilines is 1. The molecule has 0 aliphatic carbocycles. The van der Waals surface area contributed by atoms with Gasteiger partial charge < -0.3 is 10.0 Å². The van der Waals surface area contributed by atoms with Gasteiger partial charge in [-0.1, -0.05) is 53.5 Å². The first-order chi connectivity index (χ1) is 9.08. The van der Waals surface area contributed by atoms with Gasteiger partial charge in [0.25, 0.3) is 0 Å². The van der Waals surface area contributed by atoms with Crippen molar-refractivity contribution in [1.82, 2.24) is 4.98 Å². The predicted molar refractivity (Wildman–Crippen MR) is 78.9 cm³/mol. The summed E-state index contributed by atoms with van der Waals surface area (Å²) in [7, 11) is 1.85. The van der Waals surface area contributed by atoms with E-state index in [1.54, 1.807) is 12.1 Å². The van der Waals surface area contributed by atoms with Gasteiger partial charge in [-0.25, -0.2) is 4.98 Å². The first-order valence-corrected chi connectivity index (χ1v) is 6.59. The van der Waals surface area contributed by atoms with Crippen molar-refractivity contribution in [2.75, 3.05) is 18.5 Å². The van der Waals surface area contributed by atoms with Gasteiger partial charge in [0.2, 0.25) is 0 Å². The molecule has 0 amide bonds. The normalized spacial score (nSPS) is 12.2. The van der Waals surface area contributed by atoms with Crippen LogP contribution < -0.4 is 4.90 Å². The van der Waals surface area contributed by atoms with Crippen LogP contribution in [0.5, 0.6) is 0 Å². The van der Waals surface area contributed by atoms with E-state index in [0.29, 0.717) is 16.9 Å². The van der Waals surface area contributed by atoms with E-state index in [2.05, 4.69) is 4.98 Å². The first kappa shape index (κ1) is 14.1. The summed E-state index contributed by atoms with van der Waals surface area (Å²) in [5, 5.41) is 10.8. The lowest BCUT2D eigenvalue weighted by Gasteiger charge is -2.23. The van der Waals surface area contributed by atoms with Gasteiger partial charge >= 0.3 is 0 Å². The molecule has 2 rings (SSSR count). The Bertz CT molecular complexity index is 548. The third kappa shape index (κ3) is 3.60. The maximum atomic E-state index is 10.2. The van der Waals surface area contributed by atoms with Crippen LogP contribution in [0.1, 0.15) is 11.7 Å². The molecule has 0 radical (unpaired) electrons. The summed E-state index contributed by atoms with van der Waals surface area (Å²) in [6, 6.07) is 13.0. The minimum Gasteiger partial charge on any atom is -0.387 e. The minimum atomic E-state index is -0.585. The number of benzene rings is 1. The maximum absolute atomic E-state index is 10.2. The van der Waals surface area contributed by atoms with Gasteiger partial charge in [0.1, 0.15) is 5.15 Å².